The highest BCUT2D eigenvalue weighted by Crippen LogP contribution is 2.23. The van der Waals surface area contributed by atoms with E-state index in [1.165, 1.54) is 11.3 Å². The van der Waals surface area contributed by atoms with Gasteiger partial charge in [0.1, 0.15) is 0 Å². The SMILES string of the molecule is Cc1nnc(N2CC=C(c3ccnn3C)CC2)nc1C. The van der Waals surface area contributed by atoms with Crippen molar-refractivity contribution in [1.29, 1.82) is 0 Å². The molecule has 0 amide bonds. The summed E-state index contributed by atoms with van der Waals surface area (Å²) in [7, 11) is 1.97. The Morgan fingerprint density at radius 2 is 2.00 bits per heavy atom. The van der Waals surface area contributed by atoms with Crippen LogP contribution in [0.15, 0.2) is 18.3 Å². The summed E-state index contributed by atoms with van der Waals surface area (Å²) in [6, 6.07) is 2.05. The van der Waals surface area contributed by atoms with Crippen LogP contribution in [0.1, 0.15) is 23.5 Å². The predicted octanol–water partition coefficient (Wildman–Crippen LogP) is 1.52. The van der Waals surface area contributed by atoms with Gasteiger partial charge in [0, 0.05) is 26.3 Å². The lowest BCUT2D eigenvalue weighted by atomic mass is 10.1. The van der Waals surface area contributed by atoms with Crippen molar-refractivity contribution >= 4 is 11.5 Å². The lowest BCUT2D eigenvalue weighted by Crippen LogP contribution is -2.30. The van der Waals surface area contributed by atoms with E-state index in [0.29, 0.717) is 5.95 Å². The van der Waals surface area contributed by atoms with Crippen LogP contribution in [0.5, 0.6) is 0 Å². The van der Waals surface area contributed by atoms with E-state index in [2.05, 4.69) is 37.3 Å². The molecule has 0 aliphatic carbocycles. The van der Waals surface area contributed by atoms with E-state index in [-0.39, 0.29) is 0 Å². The molecule has 1 aliphatic rings. The van der Waals surface area contributed by atoms with Crippen molar-refractivity contribution in [3.8, 4) is 0 Å². The molecule has 3 rings (SSSR count). The van der Waals surface area contributed by atoms with E-state index >= 15 is 0 Å². The number of rotatable bonds is 2. The van der Waals surface area contributed by atoms with Gasteiger partial charge in [-0.15, -0.1) is 5.10 Å². The summed E-state index contributed by atoms with van der Waals surface area (Å²) in [6.07, 6.45) is 5.02. The third kappa shape index (κ3) is 2.29. The maximum Gasteiger partial charge on any atom is 0.245 e. The third-order valence-electron chi connectivity index (χ3n) is 3.72. The molecule has 1 aliphatic heterocycles. The fraction of sp³-hybridized carbons (Fsp3) is 0.429. The van der Waals surface area contributed by atoms with Gasteiger partial charge in [-0.2, -0.15) is 10.2 Å². The maximum absolute atomic E-state index is 4.51. The average molecular weight is 270 g/mol. The molecule has 104 valence electrons. The Morgan fingerprint density at radius 1 is 1.15 bits per heavy atom. The van der Waals surface area contributed by atoms with Crippen LogP contribution in [0.2, 0.25) is 0 Å². The molecule has 2 aromatic rings. The van der Waals surface area contributed by atoms with Crippen LogP contribution in [-0.4, -0.2) is 38.1 Å². The molecule has 0 N–H and O–H groups in total. The van der Waals surface area contributed by atoms with Crippen LogP contribution in [-0.2, 0) is 7.05 Å². The minimum Gasteiger partial charge on any atom is -0.335 e. The number of anilines is 1. The summed E-state index contributed by atoms with van der Waals surface area (Å²) in [5, 5.41) is 12.6. The molecule has 3 heterocycles. The van der Waals surface area contributed by atoms with Gasteiger partial charge in [-0.25, -0.2) is 4.98 Å². The molecule has 0 radical (unpaired) electrons. The highest BCUT2D eigenvalue weighted by molar-refractivity contribution is 5.65. The summed E-state index contributed by atoms with van der Waals surface area (Å²) in [5.74, 6) is 0.716. The van der Waals surface area contributed by atoms with Gasteiger partial charge in [0.2, 0.25) is 5.95 Å². The summed E-state index contributed by atoms with van der Waals surface area (Å²) in [4.78, 5) is 6.66. The monoisotopic (exact) mass is 270 g/mol. The van der Waals surface area contributed by atoms with Gasteiger partial charge in [-0.1, -0.05) is 6.08 Å². The van der Waals surface area contributed by atoms with Gasteiger partial charge in [0.05, 0.1) is 17.1 Å². The first kappa shape index (κ1) is 12.8. The van der Waals surface area contributed by atoms with Crippen molar-refractivity contribution in [2.45, 2.75) is 20.3 Å². The first-order chi connectivity index (χ1) is 9.65. The first-order valence-electron chi connectivity index (χ1n) is 6.75. The minimum absolute atomic E-state index is 0.716. The van der Waals surface area contributed by atoms with Crippen molar-refractivity contribution in [3.63, 3.8) is 0 Å². The second kappa shape index (κ2) is 5.03. The molecule has 2 aromatic heterocycles. The van der Waals surface area contributed by atoms with Crippen molar-refractivity contribution < 1.29 is 0 Å². The average Bonchev–Trinajstić information content (AvgIpc) is 2.88. The molecule has 6 heteroatoms. The number of aromatic nitrogens is 5. The molecule has 20 heavy (non-hydrogen) atoms. The maximum atomic E-state index is 4.51. The van der Waals surface area contributed by atoms with Crippen molar-refractivity contribution in [3.05, 3.63) is 35.4 Å². The Morgan fingerprint density at radius 3 is 2.60 bits per heavy atom. The topological polar surface area (TPSA) is 59.7 Å². The number of hydrogen-bond acceptors (Lipinski definition) is 5. The molecular formula is C14H18N6. The van der Waals surface area contributed by atoms with Gasteiger partial charge < -0.3 is 4.90 Å². The molecule has 0 saturated heterocycles. The van der Waals surface area contributed by atoms with Crippen LogP contribution < -0.4 is 4.90 Å². The number of aryl methyl sites for hydroxylation is 3. The highest BCUT2D eigenvalue weighted by Gasteiger charge is 2.17. The third-order valence-corrected chi connectivity index (χ3v) is 3.72. The quantitative estimate of drug-likeness (QED) is 0.828. The predicted molar refractivity (Wildman–Crippen MR) is 77.3 cm³/mol. The Labute approximate surface area is 118 Å². The van der Waals surface area contributed by atoms with E-state index in [9.17, 15) is 0 Å². The largest absolute Gasteiger partial charge is 0.335 e. The van der Waals surface area contributed by atoms with Crippen LogP contribution >= 0.6 is 0 Å². The normalized spacial score (nSPS) is 15.3. The van der Waals surface area contributed by atoms with Crippen LogP contribution in [0, 0.1) is 13.8 Å². The summed E-state index contributed by atoms with van der Waals surface area (Å²) >= 11 is 0. The zero-order valence-electron chi connectivity index (χ0n) is 12.0. The van der Waals surface area contributed by atoms with Crippen molar-refractivity contribution in [2.75, 3.05) is 18.0 Å². The zero-order valence-corrected chi connectivity index (χ0v) is 12.0. The van der Waals surface area contributed by atoms with E-state index in [1.807, 2.05) is 31.8 Å². The second-order valence-electron chi connectivity index (χ2n) is 5.05. The molecule has 0 aromatic carbocycles. The Kier molecular flexibility index (Phi) is 3.22. The number of hydrogen-bond donors (Lipinski definition) is 0. The summed E-state index contributed by atoms with van der Waals surface area (Å²) in [6.45, 7) is 5.61. The minimum atomic E-state index is 0.716. The fourth-order valence-corrected chi connectivity index (χ4v) is 2.35. The molecule has 0 spiro atoms. The van der Waals surface area contributed by atoms with Gasteiger partial charge in [-0.3, -0.25) is 4.68 Å². The first-order valence-corrected chi connectivity index (χ1v) is 6.75. The molecule has 0 unspecified atom stereocenters. The number of nitrogens with zero attached hydrogens (tertiary/aromatic N) is 6. The van der Waals surface area contributed by atoms with Crippen LogP contribution in [0.25, 0.3) is 5.57 Å². The smallest absolute Gasteiger partial charge is 0.245 e. The molecule has 0 bridgehead atoms. The summed E-state index contributed by atoms with van der Waals surface area (Å²) < 4.78 is 1.91. The van der Waals surface area contributed by atoms with Crippen molar-refractivity contribution in [1.82, 2.24) is 25.0 Å². The standard InChI is InChI=1S/C14H18N6/c1-10-11(2)17-18-14(16-10)20-8-5-12(6-9-20)13-4-7-15-19(13)3/h4-5,7H,6,8-9H2,1-3H3. The van der Waals surface area contributed by atoms with Crippen LogP contribution in [0.4, 0.5) is 5.95 Å². The molecule has 0 fully saturated rings. The molecule has 6 nitrogen and oxygen atoms in total. The van der Waals surface area contributed by atoms with E-state index in [1.54, 1.807) is 0 Å². The van der Waals surface area contributed by atoms with Gasteiger partial charge >= 0.3 is 0 Å². The van der Waals surface area contributed by atoms with E-state index in [0.717, 1.165) is 30.9 Å². The molecule has 0 atom stereocenters. The molecular weight excluding hydrogens is 252 g/mol. The van der Waals surface area contributed by atoms with E-state index in [4.69, 9.17) is 0 Å². The molecule has 0 saturated carbocycles. The van der Waals surface area contributed by atoms with Crippen LogP contribution in [0.3, 0.4) is 0 Å². The van der Waals surface area contributed by atoms with Gasteiger partial charge in [-0.05, 0) is 31.9 Å². The second-order valence-corrected chi connectivity index (χ2v) is 5.05. The lowest BCUT2D eigenvalue weighted by Gasteiger charge is -2.26. The van der Waals surface area contributed by atoms with Gasteiger partial charge in [0.25, 0.3) is 0 Å². The van der Waals surface area contributed by atoms with Gasteiger partial charge in [0.15, 0.2) is 0 Å². The Balaban J connectivity index is 1.79. The Bertz CT molecular complexity index is 657. The summed E-state index contributed by atoms with van der Waals surface area (Å²) in [5.41, 5.74) is 4.34. The fourth-order valence-electron chi connectivity index (χ4n) is 2.35. The lowest BCUT2D eigenvalue weighted by molar-refractivity contribution is 0.731. The van der Waals surface area contributed by atoms with E-state index < -0.39 is 0 Å². The highest BCUT2D eigenvalue weighted by atomic mass is 15.3. The Hall–Kier alpha value is -2.24. The van der Waals surface area contributed by atoms with Crippen molar-refractivity contribution in [2.24, 2.45) is 7.05 Å². The zero-order chi connectivity index (χ0) is 14.1.